The monoisotopic (exact) mass is 312 g/mol. The van der Waals surface area contributed by atoms with Gasteiger partial charge in [-0.1, -0.05) is 12.1 Å². The largest absolute Gasteiger partial charge is 0.336 e. The fourth-order valence-corrected chi connectivity index (χ4v) is 3.37. The van der Waals surface area contributed by atoms with Crippen molar-refractivity contribution in [2.24, 2.45) is 0 Å². The van der Waals surface area contributed by atoms with Crippen molar-refractivity contribution >= 4 is 5.91 Å². The van der Waals surface area contributed by atoms with Crippen LogP contribution in [0.3, 0.4) is 0 Å². The van der Waals surface area contributed by atoms with Crippen molar-refractivity contribution < 1.29 is 4.79 Å². The molecule has 5 nitrogen and oxygen atoms in total. The average molecular weight is 312 g/mol. The Hall–Kier alpha value is -2.17. The van der Waals surface area contributed by atoms with Gasteiger partial charge in [-0.3, -0.25) is 4.79 Å². The zero-order valence-electron chi connectivity index (χ0n) is 14.3. The van der Waals surface area contributed by atoms with Crippen LogP contribution in [0.1, 0.15) is 52.0 Å². The Bertz CT molecular complexity index is 735. The highest BCUT2D eigenvalue weighted by Gasteiger charge is 2.27. The number of benzene rings is 1. The van der Waals surface area contributed by atoms with E-state index in [1.54, 1.807) is 0 Å². The predicted octanol–water partition coefficient (Wildman–Crippen LogP) is 2.99. The summed E-state index contributed by atoms with van der Waals surface area (Å²) in [6.07, 6.45) is 2.04. The van der Waals surface area contributed by atoms with Gasteiger partial charge in [0.1, 0.15) is 11.6 Å². The lowest BCUT2D eigenvalue weighted by Gasteiger charge is -2.33. The lowest BCUT2D eigenvalue weighted by Crippen LogP contribution is -2.41. The molecule has 0 bridgehead atoms. The topological polar surface area (TPSA) is 51.0 Å². The molecule has 1 fully saturated rings. The highest BCUT2D eigenvalue weighted by Crippen LogP contribution is 2.24. The molecule has 1 aromatic carbocycles. The molecule has 1 saturated heterocycles. The Labute approximate surface area is 137 Å². The lowest BCUT2D eigenvalue weighted by atomic mass is 10.00. The summed E-state index contributed by atoms with van der Waals surface area (Å²) in [4.78, 5) is 19.3. The van der Waals surface area contributed by atoms with Crippen LogP contribution in [0.2, 0.25) is 0 Å². The molecule has 1 unspecified atom stereocenters. The molecule has 0 spiro atoms. The number of carbonyl (C=O) groups is 1. The second-order valence-corrected chi connectivity index (χ2v) is 6.45. The van der Waals surface area contributed by atoms with E-state index in [4.69, 9.17) is 0 Å². The summed E-state index contributed by atoms with van der Waals surface area (Å²) in [5.41, 5.74) is 3.05. The Morgan fingerprint density at radius 3 is 2.70 bits per heavy atom. The molecule has 1 aromatic heterocycles. The molecule has 2 heterocycles. The van der Waals surface area contributed by atoms with E-state index in [0.29, 0.717) is 6.54 Å². The number of hydrogen-bond acceptors (Lipinski definition) is 3. The van der Waals surface area contributed by atoms with Crippen LogP contribution in [-0.4, -0.2) is 38.7 Å². The van der Waals surface area contributed by atoms with E-state index in [1.165, 1.54) is 0 Å². The van der Waals surface area contributed by atoms with Crippen molar-refractivity contribution in [3.05, 3.63) is 46.5 Å². The number of likely N-dealkylation sites (tertiary alicyclic amines) is 1. The molecular weight excluding hydrogens is 288 g/mol. The summed E-state index contributed by atoms with van der Waals surface area (Å²) >= 11 is 0. The number of rotatable bonds is 2. The van der Waals surface area contributed by atoms with Gasteiger partial charge in [-0.2, -0.15) is 5.10 Å². The minimum atomic E-state index is 0.130. The van der Waals surface area contributed by atoms with Crippen molar-refractivity contribution in [1.29, 1.82) is 0 Å². The van der Waals surface area contributed by atoms with Crippen molar-refractivity contribution in [3.63, 3.8) is 0 Å². The van der Waals surface area contributed by atoms with Gasteiger partial charge in [0.15, 0.2) is 0 Å². The van der Waals surface area contributed by atoms with Gasteiger partial charge in [0.05, 0.1) is 6.04 Å². The highest BCUT2D eigenvalue weighted by molar-refractivity contribution is 5.96. The minimum absolute atomic E-state index is 0.130. The molecule has 0 saturated carbocycles. The molecular formula is C18H24N4O. The van der Waals surface area contributed by atoms with Crippen LogP contribution in [0.5, 0.6) is 0 Å². The van der Waals surface area contributed by atoms with Gasteiger partial charge in [0.2, 0.25) is 0 Å². The van der Waals surface area contributed by atoms with E-state index in [1.807, 2.05) is 55.5 Å². The first kappa shape index (κ1) is 15.7. The second kappa shape index (κ2) is 6.14. The number of carbonyl (C=O) groups excluding carboxylic acids is 1. The third-order valence-corrected chi connectivity index (χ3v) is 4.77. The van der Waals surface area contributed by atoms with Crippen molar-refractivity contribution in [2.45, 2.75) is 46.6 Å². The summed E-state index contributed by atoms with van der Waals surface area (Å²) in [6.45, 7) is 9.48. The van der Waals surface area contributed by atoms with Gasteiger partial charge in [0.25, 0.3) is 5.91 Å². The van der Waals surface area contributed by atoms with Crippen LogP contribution in [0, 0.1) is 27.7 Å². The quantitative estimate of drug-likeness (QED) is 0.856. The molecule has 5 heteroatoms. The highest BCUT2D eigenvalue weighted by atomic mass is 16.2. The van der Waals surface area contributed by atoms with Crippen LogP contribution in [0.4, 0.5) is 0 Å². The van der Waals surface area contributed by atoms with Crippen LogP contribution < -0.4 is 0 Å². The van der Waals surface area contributed by atoms with Gasteiger partial charge < -0.3 is 4.90 Å². The van der Waals surface area contributed by atoms with Gasteiger partial charge >= 0.3 is 0 Å². The van der Waals surface area contributed by atoms with E-state index in [0.717, 1.165) is 47.7 Å². The Kier molecular flexibility index (Phi) is 4.20. The molecule has 1 amide bonds. The molecule has 3 rings (SSSR count). The third kappa shape index (κ3) is 3.00. The number of hydrogen-bond donors (Lipinski definition) is 0. The van der Waals surface area contributed by atoms with Gasteiger partial charge in [-0.15, -0.1) is 0 Å². The third-order valence-electron chi connectivity index (χ3n) is 4.77. The number of aromatic nitrogens is 3. The van der Waals surface area contributed by atoms with E-state index < -0.39 is 0 Å². The molecule has 1 atom stereocenters. The first-order valence-corrected chi connectivity index (χ1v) is 8.22. The summed E-state index contributed by atoms with van der Waals surface area (Å²) < 4.78 is 1.98. The average Bonchev–Trinajstić information content (AvgIpc) is 2.88. The maximum atomic E-state index is 12.9. The molecule has 0 radical (unpaired) electrons. The first-order valence-electron chi connectivity index (χ1n) is 8.22. The van der Waals surface area contributed by atoms with E-state index in [-0.39, 0.29) is 11.9 Å². The Morgan fingerprint density at radius 2 is 2.00 bits per heavy atom. The molecule has 0 aliphatic carbocycles. The zero-order chi connectivity index (χ0) is 16.6. The SMILES string of the molecule is Cc1nc(C)n(C2CCCN(C(=O)c3cccc(C)c3C)C2)n1. The van der Waals surface area contributed by atoms with E-state index in [9.17, 15) is 4.79 Å². The minimum Gasteiger partial charge on any atom is -0.336 e. The summed E-state index contributed by atoms with van der Waals surface area (Å²) in [6, 6.07) is 6.16. The van der Waals surface area contributed by atoms with E-state index in [2.05, 4.69) is 10.1 Å². The normalized spacial score (nSPS) is 18.3. The number of piperidine rings is 1. The van der Waals surface area contributed by atoms with Crippen molar-refractivity contribution in [2.75, 3.05) is 13.1 Å². The van der Waals surface area contributed by atoms with Gasteiger partial charge in [-0.25, -0.2) is 9.67 Å². The van der Waals surface area contributed by atoms with Crippen molar-refractivity contribution in [1.82, 2.24) is 19.7 Å². The molecule has 2 aromatic rings. The van der Waals surface area contributed by atoms with Gasteiger partial charge in [-0.05, 0) is 57.7 Å². The van der Waals surface area contributed by atoms with Crippen LogP contribution in [0.15, 0.2) is 18.2 Å². The maximum Gasteiger partial charge on any atom is 0.254 e. The molecule has 0 N–H and O–H groups in total. The summed E-state index contributed by atoms with van der Waals surface area (Å²) in [5, 5.41) is 4.50. The van der Waals surface area contributed by atoms with E-state index >= 15 is 0 Å². The standard InChI is InChI=1S/C18H24N4O/c1-12-7-5-9-17(13(12)2)18(23)21-10-6-8-16(11-21)22-15(4)19-14(3)20-22/h5,7,9,16H,6,8,10-11H2,1-4H3. The zero-order valence-corrected chi connectivity index (χ0v) is 14.3. The fraction of sp³-hybridized carbons (Fsp3) is 0.500. The molecule has 122 valence electrons. The Balaban J connectivity index is 1.82. The lowest BCUT2D eigenvalue weighted by molar-refractivity contribution is 0.0670. The number of nitrogens with zero attached hydrogens (tertiary/aromatic N) is 4. The number of aryl methyl sites for hydroxylation is 3. The molecule has 1 aliphatic heterocycles. The van der Waals surface area contributed by atoms with Crippen molar-refractivity contribution in [3.8, 4) is 0 Å². The maximum absolute atomic E-state index is 12.9. The predicted molar refractivity (Wildman–Crippen MR) is 89.6 cm³/mol. The summed E-state index contributed by atoms with van der Waals surface area (Å²) in [7, 11) is 0. The first-order chi connectivity index (χ1) is 11.0. The van der Waals surface area contributed by atoms with Crippen LogP contribution in [0.25, 0.3) is 0 Å². The smallest absolute Gasteiger partial charge is 0.254 e. The summed E-state index contributed by atoms with van der Waals surface area (Å²) in [5.74, 6) is 1.85. The van der Waals surface area contributed by atoms with Crippen LogP contribution in [-0.2, 0) is 0 Å². The van der Waals surface area contributed by atoms with Crippen LogP contribution >= 0.6 is 0 Å². The fourth-order valence-electron chi connectivity index (χ4n) is 3.37. The molecule has 1 aliphatic rings. The second-order valence-electron chi connectivity index (χ2n) is 6.45. The van der Waals surface area contributed by atoms with Gasteiger partial charge in [0, 0.05) is 18.7 Å². The Morgan fingerprint density at radius 1 is 1.22 bits per heavy atom. The molecule has 23 heavy (non-hydrogen) atoms. The number of amides is 1.